The predicted octanol–water partition coefficient (Wildman–Crippen LogP) is 0.941. The number of amides is 1. The molecule has 17 heavy (non-hydrogen) atoms. The highest BCUT2D eigenvalue weighted by atomic mass is 16.5. The molecule has 1 unspecified atom stereocenters. The molecule has 6 heteroatoms. The monoisotopic (exact) mass is 238 g/mol. The summed E-state index contributed by atoms with van der Waals surface area (Å²) in [5.41, 5.74) is 5.11. The van der Waals surface area contributed by atoms with E-state index in [-0.39, 0.29) is 18.4 Å². The van der Waals surface area contributed by atoms with E-state index < -0.39 is 0 Å². The van der Waals surface area contributed by atoms with Gasteiger partial charge in [0.1, 0.15) is 12.1 Å². The largest absolute Gasteiger partial charge is 0.478 e. The third kappa shape index (κ3) is 5.14. The molecule has 6 nitrogen and oxygen atoms in total. The van der Waals surface area contributed by atoms with Gasteiger partial charge in [-0.25, -0.2) is 9.97 Å². The lowest BCUT2D eigenvalue weighted by atomic mass is 10.2. The number of carbonyl (C=O) groups excluding carboxylic acids is 1. The second-order valence-electron chi connectivity index (χ2n) is 3.81. The first kappa shape index (κ1) is 13.2. The first-order chi connectivity index (χ1) is 8.11. The van der Waals surface area contributed by atoms with Gasteiger partial charge in [0.2, 0.25) is 11.8 Å². The van der Waals surface area contributed by atoms with E-state index in [1.807, 2.05) is 13.8 Å². The van der Waals surface area contributed by atoms with E-state index in [9.17, 15) is 4.79 Å². The topological polar surface area (TPSA) is 90.1 Å². The molecule has 0 aliphatic rings. The van der Waals surface area contributed by atoms with Crippen LogP contribution in [-0.4, -0.2) is 28.5 Å². The maximum atomic E-state index is 10.7. The molecule has 1 aromatic rings. The Morgan fingerprint density at radius 3 is 3.00 bits per heavy atom. The smallest absolute Gasteiger partial charge is 0.219 e. The van der Waals surface area contributed by atoms with Crippen LogP contribution in [0.5, 0.6) is 5.88 Å². The zero-order valence-corrected chi connectivity index (χ0v) is 10.1. The summed E-state index contributed by atoms with van der Waals surface area (Å²) in [6, 6.07) is 1.63. The zero-order chi connectivity index (χ0) is 12.7. The van der Waals surface area contributed by atoms with Crippen molar-refractivity contribution in [3.63, 3.8) is 0 Å². The summed E-state index contributed by atoms with van der Waals surface area (Å²) < 4.78 is 5.38. The fourth-order valence-electron chi connectivity index (χ4n) is 1.31. The number of hydrogen-bond acceptors (Lipinski definition) is 5. The summed E-state index contributed by atoms with van der Waals surface area (Å²) >= 11 is 0. The van der Waals surface area contributed by atoms with Crippen LogP contribution in [0.1, 0.15) is 26.7 Å². The Kier molecular flexibility index (Phi) is 5.19. The quantitative estimate of drug-likeness (QED) is 0.737. The van der Waals surface area contributed by atoms with Crippen LogP contribution in [0.2, 0.25) is 0 Å². The molecule has 1 atom stereocenters. The Morgan fingerprint density at radius 2 is 2.35 bits per heavy atom. The number of primary amides is 1. The van der Waals surface area contributed by atoms with Crippen molar-refractivity contribution in [3.8, 4) is 5.88 Å². The van der Waals surface area contributed by atoms with Crippen LogP contribution in [0.4, 0.5) is 5.82 Å². The minimum absolute atomic E-state index is 0.0681. The number of carbonyl (C=O) groups is 1. The predicted molar refractivity (Wildman–Crippen MR) is 64.7 cm³/mol. The van der Waals surface area contributed by atoms with Gasteiger partial charge in [-0.1, -0.05) is 6.92 Å². The maximum Gasteiger partial charge on any atom is 0.219 e. The standard InChI is InChI=1S/C11H18N4O2/c1-3-4-17-11-6-10(13-7-14-11)15-8(2)5-9(12)16/h6-8H,3-5H2,1-2H3,(H2,12,16)(H,13,14,15). The van der Waals surface area contributed by atoms with Crippen LogP contribution in [0, 0.1) is 0 Å². The second-order valence-corrected chi connectivity index (χ2v) is 3.81. The average molecular weight is 238 g/mol. The van der Waals surface area contributed by atoms with Crippen molar-refractivity contribution >= 4 is 11.7 Å². The first-order valence-corrected chi connectivity index (χ1v) is 5.61. The lowest BCUT2D eigenvalue weighted by Gasteiger charge is -2.12. The van der Waals surface area contributed by atoms with Crippen molar-refractivity contribution in [1.82, 2.24) is 9.97 Å². The molecular formula is C11H18N4O2. The molecule has 0 saturated heterocycles. The number of nitrogens with zero attached hydrogens (tertiary/aromatic N) is 2. The highest BCUT2D eigenvalue weighted by Crippen LogP contribution is 2.12. The normalized spacial score (nSPS) is 11.9. The maximum absolute atomic E-state index is 10.7. The van der Waals surface area contributed by atoms with Gasteiger partial charge in [0, 0.05) is 18.5 Å². The number of aromatic nitrogens is 2. The van der Waals surface area contributed by atoms with Crippen molar-refractivity contribution in [2.75, 3.05) is 11.9 Å². The van der Waals surface area contributed by atoms with Crippen LogP contribution in [0.15, 0.2) is 12.4 Å². The molecule has 0 aliphatic heterocycles. The van der Waals surface area contributed by atoms with E-state index in [2.05, 4.69) is 15.3 Å². The Hall–Kier alpha value is -1.85. The van der Waals surface area contributed by atoms with E-state index in [1.165, 1.54) is 6.33 Å². The first-order valence-electron chi connectivity index (χ1n) is 5.61. The highest BCUT2D eigenvalue weighted by Gasteiger charge is 2.07. The molecule has 0 aromatic carbocycles. The van der Waals surface area contributed by atoms with Crippen molar-refractivity contribution < 1.29 is 9.53 Å². The number of hydrogen-bond donors (Lipinski definition) is 2. The van der Waals surface area contributed by atoms with Crippen molar-refractivity contribution in [2.45, 2.75) is 32.7 Å². The average Bonchev–Trinajstić information content (AvgIpc) is 2.25. The third-order valence-electron chi connectivity index (χ3n) is 2.00. The summed E-state index contributed by atoms with van der Waals surface area (Å²) in [4.78, 5) is 18.8. The van der Waals surface area contributed by atoms with E-state index in [0.717, 1.165) is 6.42 Å². The fraction of sp³-hybridized carbons (Fsp3) is 0.545. The Morgan fingerprint density at radius 1 is 1.59 bits per heavy atom. The van der Waals surface area contributed by atoms with Crippen LogP contribution < -0.4 is 15.8 Å². The van der Waals surface area contributed by atoms with Gasteiger partial charge in [0.15, 0.2) is 0 Å². The van der Waals surface area contributed by atoms with Crippen LogP contribution >= 0.6 is 0 Å². The number of rotatable bonds is 7. The Balaban J connectivity index is 2.55. The van der Waals surface area contributed by atoms with Crippen LogP contribution in [0.3, 0.4) is 0 Å². The molecule has 1 heterocycles. The zero-order valence-electron chi connectivity index (χ0n) is 10.1. The summed E-state index contributed by atoms with van der Waals surface area (Å²) in [7, 11) is 0. The fourth-order valence-corrected chi connectivity index (χ4v) is 1.31. The lowest BCUT2D eigenvalue weighted by molar-refractivity contribution is -0.118. The Bertz CT molecular complexity index is 370. The molecule has 0 fully saturated rings. The number of anilines is 1. The van der Waals surface area contributed by atoms with Gasteiger partial charge in [-0.2, -0.15) is 0 Å². The third-order valence-corrected chi connectivity index (χ3v) is 2.00. The summed E-state index contributed by atoms with van der Waals surface area (Å²) in [6.45, 7) is 4.50. The molecule has 0 bridgehead atoms. The molecule has 1 aromatic heterocycles. The van der Waals surface area contributed by atoms with Gasteiger partial charge in [0.05, 0.1) is 6.61 Å². The summed E-state index contributed by atoms with van der Waals surface area (Å²) in [5.74, 6) is 0.803. The van der Waals surface area contributed by atoms with Crippen LogP contribution in [-0.2, 0) is 4.79 Å². The lowest BCUT2D eigenvalue weighted by Crippen LogP contribution is -2.24. The molecule has 1 rings (SSSR count). The SMILES string of the molecule is CCCOc1cc(NC(C)CC(N)=O)ncn1. The van der Waals surface area contributed by atoms with E-state index in [1.54, 1.807) is 6.07 Å². The van der Waals surface area contributed by atoms with Crippen molar-refractivity contribution in [2.24, 2.45) is 5.73 Å². The number of ether oxygens (including phenoxy) is 1. The van der Waals surface area contributed by atoms with Gasteiger partial charge in [-0.3, -0.25) is 4.79 Å². The highest BCUT2D eigenvalue weighted by molar-refractivity contribution is 5.74. The molecule has 3 N–H and O–H groups in total. The van der Waals surface area contributed by atoms with Crippen LogP contribution in [0.25, 0.3) is 0 Å². The molecule has 1 amide bonds. The van der Waals surface area contributed by atoms with Crippen molar-refractivity contribution in [3.05, 3.63) is 12.4 Å². The Labute approximate surface area is 101 Å². The molecule has 0 saturated carbocycles. The molecule has 0 spiro atoms. The summed E-state index contributed by atoms with van der Waals surface area (Å²) in [6.07, 6.45) is 2.60. The number of nitrogens with two attached hydrogens (primary N) is 1. The molecular weight excluding hydrogens is 220 g/mol. The van der Waals surface area contributed by atoms with Gasteiger partial charge in [0.25, 0.3) is 0 Å². The van der Waals surface area contributed by atoms with E-state index in [0.29, 0.717) is 18.3 Å². The van der Waals surface area contributed by atoms with E-state index in [4.69, 9.17) is 10.5 Å². The van der Waals surface area contributed by atoms with Gasteiger partial charge >= 0.3 is 0 Å². The summed E-state index contributed by atoms with van der Waals surface area (Å²) in [5, 5.41) is 3.06. The van der Waals surface area contributed by atoms with Gasteiger partial charge in [-0.05, 0) is 13.3 Å². The second kappa shape index (κ2) is 6.67. The van der Waals surface area contributed by atoms with Crippen molar-refractivity contribution in [1.29, 1.82) is 0 Å². The molecule has 0 radical (unpaired) electrons. The number of nitrogens with one attached hydrogen (secondary N) is 1. The minimum atomic E-state index is -0.346. The molecule has 94 valence electrons. The van der Waals surface area contributed by atoms with Gasteiger partial charge < -0.3 is 15.8 Å². The minimum Gasteiger partial charge on any atom is -0.478 e. The van der Waals surface area contributed by atoms with E-state index >= 15 is 0 Å². The van der Waals surface area contributed by atoms with Gasteiger partial charge in [-0.15, -0.1) is 0 Å². The molecule has 0 aliphatic carbocycles.